The zero-order chi connectivity index (χ0) is 12.8. The summed E-state index contributed by atoms with van der Waals surface area (Å²) in [6, 6.07) is -1.12. The van der Waals surface area contributed by atoms with Crippen LogP contribution in [0.2, 0.25) is 0 Å². The van der Waals surface area contributed by atoms with Crippen LogP contribution in [0.4, 0.5) is 22.0 Å². The Bertz CT molecular complexity index is 183. The predicted molar refractivity (Wildman–Crippen MR) is 53.0 cm³/mol. The van der Waals surface area contributed by atoms with E-state index in [0.717, 1.165) is 0 Å². The molecule has 0 heterocycles. The van der Waals surface area contributed by atoms with Crippen LogP contribution in [0.1, 0.15) is 13.3 Å². The molecule has 16 heavy (non-hydrogen) atoms. The van der Waals surface area contributed by atoms with Crippen LogP contribution in [-0.2, 0) is 0 Å². The molecule has 0 spiro atoms. The molecule has 0 aliphatic rings. The van der Waals surface area contributed by atoms with E-state index in [0.29, 0.717) is 0 Å². The molecule has 0 aliphatic heterocycles. The molecule has 1 atom stereocenters. The minimum atomic E-state index is -2.31. The van der Waals surface area contributed by atoms with E-state index in [1.807, 2.05) is 0 Å². The highest BCUT2D eigenvalue weighted by Crippen LogP contribution is 2.45. The van der Waals surface area contributed by atoms with Crippen molar-refractivity contribution in [2.24, 2.45) is 16.6 Å². The van der Waals surface area contributed by atoms with Crippen molar-refractivity contribution in [1.29, 1.82) is 0 Å². The minimum Gasteiger partial charge on any atom is -0.327 e. The van der Waals surface area contributed by atoms with E-state index in [2.05, 4.69) is 0 Å². The van der Waals surface area contributed by atoms with E-state index in [9.17, 15) is 22.0 Å². The molecule has 0 rings (SSSR count). The first-order valence-electron chi connectivity index (χ1n) is 5.09. The van der Waals surface area contributed by atoms with Gasteiger partial charge in [-0.2, -0.15) is 0 Å². The quantitative estimate of drug-likeness (QED) is 0.655. The Balaban J connectivity index is 5.43. The third-order valence-corrected chi connectivity index (χ3v) is 3.45. The Hall–Kier alpha value is -0.390. The van der Waals surface area contributed by atoms with E-state index in [-0.39, 0.29) is 6.42 Å². The predicted octanol–water partition coefficient (Wildman–Crippen LogP) is 2.54. The highest BCUT2D eigenvalue weighted by Gasteiger charge is 2.55. The molecular formula is C10H18F5N. The Labute approximate surface area is 92.2 Å². The van der Waals surface area contributed by atoms with Gasteiger partial charge in [-0.25, -0.2) is 0 Å². The van der Waals surface area contributed by atoms with Gasteiger partial charge in [-0.3, -0.25) is 22.0 Å². The smallest absolute Gasteiger partial charge is 0.101 e. The fourth-order valence-electron chi connectivity index (χ4n) is 1.81. The molecule has 0 amide bonds. The van der Waals surface area contributed by atoms with Gasteiger partial charge in [-0.05, 0) is 6.42 Å². The van der Waals surface area contributed by atoms with Gasteiger partial charge in [0.2, 0.25) is 0 Å². The molecule has 0 fully saturated rings. The molecule has 0 aromatic rings. The van der Waals surface area contributed by atoms with Crippen LogP contribution in [0.25, 0.3) is 0 Å². The molecule has 0 aliphatic carbocycles. The zero-order valence-electron chi connectivity index (χ0n) is 9.29. The highest BCUT2D eigenvalue weighted by molar-refractivity contribution is 5.03. The van der Waals surface area contributed by atoms with E-state index in [1.165, 1.54) is 6.92 Å². The van der Waals surface area contributed by atoms with Gasteiger partial charge >= 0.3 is 0 Å². The number of alkyl halides is 5. The fourth-order valence-corrected chi connectivity index (χ4v) is 1.81. The molecule has 1 nitrogen and oxygen atoms in total. The standard InChI is InChI=1S/C10H18F5N/c1-2-8(16)10(6-14,7-15)9(3-11,4-12)5-13/h8H,2-7,16H2,1H3. The van der Waals surface area contributed by atoms with Crippen LogP contribution in [0, 0.1) is 10.8 Å². The van der Waals surface area contributed by atoms with E-state index < -0.39 is 50.2 Å². The lowest BCUT2D eigenvalue weighted by atomic mass is 9.62. The van der Waals surface area contributed by atoms with E-state index in [4.69, 9.17) is 5.73 Å². The third-order valence-electron chi connectivity index (χ3n) is 3.45. The van der Waals surface area contributed by atoms with Crippen LogP contribution in [0.3, 0.4) is 0 Å². The number of halogens is 5. The SMILES string of the molecule is CCC(N)C(CF)(CF)C(CF)(CF)CF. The maximum Gasteiger partial charge on any atom is 0.101 e. The largest absolute Gasteiger partial charge is 0.327 e. The number of hydrogen-bond acceptors (Lipinski definition) is 1. The molecule has 0 aromatic carbocycles. The van der Waals surface area contributed by atoms with Gasteiger partial charge in [0.25, 0.3) is 0 Å². The van der Waals surface area contributed by atoms with E-state index >= 15 is 0 Å². The monoisotopic (exact) mass is 247 g/mol. The summed E-state index contributed by atoms with van der Waals surface area (Å²) in [6.07, 6.45) is 0.121. The van der Waals surface area contributed by atoms with E-state index in [1.54, 1.807) is 0 Å². The van der Waals surface area contributed by atoms with Gasteiger partial charge in [-0.1, -0.05) is 6.92 Å². The summed E-state index contributed by atoms with van der Waals surface area (Å²) in [6.45, 7) is -5.64. The van der Waals surface area contributed by atoms with Crippen molar-refractivity contribution in [1.82, 2.24) is 0 Å². The van der Waals surface area contributed by atoms with Crippen LogP contribution in [-0.4, -0.2) is 39.4 Å². The van der Waals surface area contributed by atoms with Crippen molar-refractivity contribution >= 4 is 0 Å². The Kier molecular flexibility index (Phi) is 6.22. The molecule has 0 saturated heterocycles. The fraction of sp³-hybridized carbons (Fsp3) is 1.00. The van der Waals surface area contributed by atoms with Crippen molar-refractivity contribution in [3.63, 3.8) is 0 Å². The van der Waals surface area contributed by atoms with Gasteiger partial charge < -0.3 is 5.73 Å². The normalized spacial score (nSPS) is 15.2. The highest BCUT2D eigenvalue weighted by atomic mass is 19.2. The molecule has 2 N–H and O–H groups in total. The molecule has 0 aromatic heterocycles. The molecule has 0 saturated carbocycles. The molecule has 0 bridgehead atoms. The zero-order valence-corrected chi connectivity index (χ0v) is 9.29. The first-order chi connectivity index (χ1) is 7.53. The van der Waals surface area contributed by atoms with Crippen molar-refractivity contribution in [3.05, 3.63) is 0 Å². The summed E-state index contributed by atoms with van der Waals surface area (Å²) in [7, 11) is 0. The van der Waals surface area contributed by atoms with Crippen LogP contribution < -0.4 is 5.73 Å². The Morgan fingerprint density at radius 3 is 1.44 bits per heavy atom. The van der Waals surface area contributed by atoms with Gasteiger partial charge in [0, 0.05) is 6.04 Å². The van der Waals surface area contributed by atoms with Crippen molar-refractivity contribution in [3.8, 4) is 0 Å². The summed E-state index contributed by atoms with van der Waals surface area (Å²) in [5.74, 6) is 0. The van der Waals surface area contributed by atoms with Crippen LogP contribution in [0.5, 0.6) is 0 Å². The van der Waals surface area contributed by atoms with Gasteiger partial charge in [0.1, 0.15) is 20.0 Å². The average molecular weight is 247 g/mol. The van der Waals surface area contributed by atoms with Gasteiger partial charge in [0.15, 0.2) is 0 Å². The lowest BCUT2D eigenvalue weighted by Crippen LogP contribution is -2.59. The van der Waals surface area contributed by atoms with Gasteiger partial charge in [-0.15, -0.1) is 0 Å². The van der Waals surface area contributed by atoms with Crippen molar-refractivity contribution in [2.45, 2.75) is 19.4 Å². The topological polar surface area (TPSA) is 26.0 Å². The summed E-state index contributed by atoms with van der Waals surface area (Å²) >= 11 is 0. The van der Waals surface area contributed by atoms with Crippen LogP contribution in [0.15, 0.2) is 0 Å². The molecule has 0 radical (unpaired) electrons. The molecular weight excluding hydrogens is 229 g/mol. The number of hydrogen-bond donors (Lipinski definition) is 1. The Morgan fingerprint density at radius 2 is 1.25 bits per heavy atom. The maximum absolute atomic E-state index is 13.0. The van der Waals surface area contributed by atoms with Crippen molar-refractivity contribution < 1.29 is 22.0 Å². The lowest BCUT2D eigenvalue weighted by Gasteiger charge is -2.46. The maximum atomic E-state index is 13.0. The minimum absolute atomic E-state index is 0.121. The average Bonchev–Trinajstić information content (AvgIpc) is 2.35. The van der Waals surface area contributed by atoms with Gasteiger partial charge in [0.05, 0.1) is 24.2 Å². The Morgan fingerprint density at radius 1 is 0.875 bits per heavy atom. The summed E-state index contributed by atoms with van der Waals surface area (Å²) in [4.78, 5) is 0. The second-order valence-electron chi connectivity index (χ2n) is 4.12. The van der Waals surface area contributed by atoms with Crippen LogP contribution >= 0.6 is 0 Å². The second kappa shape index (κ2) is 6.37. The molecule has 1 unspecified atom stereocenters. The van der Waals surface area contributed by atoms with Crippen molar-refractivity contribution in [2.75, 3.05) is 33.4 Å². The third kappa shape index (κ3) is 2.17. The summed E-state index contributed by atoms with van der Waals surface area (Å²) < 4.78 is 64.4. The molecule has 98 valence electrons. The lowest BCUT2D eigenvalue weighted by molar-refractivity contribution is -0.0794. The molecule has 6 heteroatoms. The number of nitrogens with two attached hydrogens (primary N) is 1. The first-order valence-corrected chi connectivity index (χ1v) is 5.09. The summed E-state index contributed by atoms with van der Waals surface area (Å²) in [5.41, 5.74) is 1.07. The number of rotatable bonds is 8. The second-order valence-corrected chi connectivity index (χ2v) is 4.12. The summed E-state index contributed by atoms with van der Waals surface area (Å²) in [5, 5.41) is 0. The first kappa shape index (κ1) is 15.6.